The summed E-state index contributed by atoms with van der Waals surface area (Å²) in [6, 6.07) is 9.08. The molecule has 5 rings (SSSR count). The van der Waals surface area contributed by atoms with Crippen LogP contribution < -0.4 is 5.73 Å². The minimum atomic E-state index is -0.174. The normalized spacial score (nSPS) is 33.9. The zero-order valence-electron chi connectivity index (χ0n) is 15.1. The minimum absolute atomic E-state index is 0.0315. The van der Waals surface area contributed by atoms with Crippen LogP contribution in [-0.2, 0) is 17.3 Å². The van der Waals surface area contributed by atoms with Gasteiger partial charge in [-0.25, -0.2) is 0 Å². The Morgan fingerprint density at radius 2 is 1.92 bits per heavy atom. The highest BCUT2D eigenvalue weighted by Crippen LogP contribution is 2.63. The van der Waals surface area contributed by atoms with Gasteiger partial charge in [0.15, 0.2) is 0 Å². The van der Waals surface area contributed by atoms with Gasteiger partial charge in [-0.3, -0.25) is 0 Å². The van der Waals surface area contributed by atoms with Gasteiger partial charge in [-0.1, -0.05) is 45.9 Å². The Labute approximate surface area is 143 Å². The summed E-state index contributed by atoms with van der Waals surface area (Å²) >= 11 is 0. The van der Waals surface area contributed by atoms with Crippen LogP contribution in [-0.4, -0.2) is 9.94 Å². The second-order valence-electron chi connectivity index (χ2n) is 8.37. The van der Waals surface area contributed by atoms with E-state index in [1.54, 1.807) is 0 Å². The Morgan fingerprint density at radius 3 is 2.62 bits per heavy atom. The van der Waals surface area contributed by atoms with Gasteiger partial charge in [0.2, 0.25) is 0 Å². The van der Waals surface area contributed by atoms with Crippen LogP contribution >= 0.6 is 0 Å². The summed E-state index contributed by atoms with van der Waals surface area (Å²) in [5, 5.41) is 2.80. The number of nitrogens with two attached hydrogens (primary N) is 1. The predicted octanol–water partition coefficient (Wildman–Crippen LogP) is 4.70. The maximum Gasteiger partial charge on any atom is 0.0572 e. The van der Waals surface area contributed by atoms with Crippen molar-refractivity contribution in [2.45, 2.75) is 63.3 Å². The van der Waals surface area contributed by atoms with Crippen molar-refractivity contribution in [3.05, 3.63) is 53.3 Å². The summed E-state index contributed by atoms with van der Waals surface area (Å²) in [6.07, 6.45) is 7.66. The number of benzene rings is 1. The van der Waals surface area contributed by atoms with Crippen molar-refractivity contribution < 1.29 is 0 Å². The van der Waals surface area contributed by atoms with Gasteiger partial charge in [-0.05, 0) is 47.4 Å². The molecule has 3 atom stereocenters. The molecule has 3 aromatic rings. The fraction of sp³-hybridized carbons (Fsp3) is 0.455. The first-order valence-electron chi connectivity index (χ1n) is 9.26. The standard InChI is InChI=1S/C22H26N2/c1-5-20(3)16-9-7-8-14-10-11-24-13-15-12-22(23,6-2)21(20,4)18(15)19(24)17(14)16/h7-11,13H,5-6,12,23H2,1-4H3. The molecule has 0 aliphatic heterocycles. The lowest BCUT2D eigenvalue weighted by Crippen LogP contribution is -2.63. The van der Waals surface area contributed by atoms with E-state index in [2.05, 4.69) is 68.8 Å². The van der Waals surface area contributed by atoms with E-state index in [1.165, 1.54) is 33.0 Å². The van der Waals surface area contributed by atoms with E-state index in [9.17, 15) is 0 Å². The van der Waals surface area contributed by atoms with E-state index in [-0.39, 0.29) is 16.4 Å². The third-order valence-corrected chi connectivity index (χ3v) is 7.90. The second-order valence-corrected chi connectivity index (χ2v) is 8.37. The second kappa shape index (κ2) is 4.05. The molecule has 0 fully saturated rings. The first-order valence-corrected chi connectivity index (χ1v) is 9.26. The molecule has 2 nitrogen and oxygen atoms in total. The van der Waals surface area contributed by atoms with Crippen molar-refractivity contribution in [1.82, 2.24) is 4.40 Å². The van der Waals surface area contributed by atoms with Gasteiger partial charge < -0.3 is 10.1 Å². The summed E-state index contributed by atoms with van der Waals surface area (Å²) in [6.45, 7) is 9.49. The molecule has 2 aliphatic carbocycles. The van der Waals surface area contributed by atoms with Crippen molar-refractivity contribution in [2.24, 2.45) is 5.73 Å². The van der Waals surface area contributed by atoms with E-state index >= 15 is 0 Å². The third-order valence-electron chi connectivity index (χ3n) is 7.90. The Kier molecular flexibility index (Phi) is 2.45. The van der Waals surface area contributed by atoms with Crippen LogP contribution in [0.3, 0.4) is 0 Å². The van der Waals surface area contributed by atoms with Crippen molar-refractivity contribution in [3.8, 4) is 0 Å². The fourth-order valence-corrected chi connectivity index (χ4v) is 6.12. The molecule has 0 radical (unpaired) electrons. The molecule has 0 saturated carbocycles. The van der Waals surface area contributed by atoms with Crippen molar-refractivity contribution in [1.29, 1.82) is 0 Å². The minimum Gasteiger partial charge on any atom is -0.324 e. The Hall–Kier alpha value is -1.80. The van der Waals surface area contributed by atoms with Crippen LogP contribution in [0.5, 0.6) is 0 Å². The van der Waals surface area contributed by atoms with Gasteiger partial charge in [0.1, 0.15) is 0 Å². The molecule has 124 valence electrons. The highest BCUT2D eigenvalue weighted by atomic mass is 14.9. The van der Waals surface area contributed by atoms with Crippen molar-refractivity contribution in [3.63, 3.8) is 0 Å². The topological polar surface area (TPSA) is 30.4 Å². The molecule has 2 heteroatoms. The SMILES string of the molecule is CCC1(N)Cc2cn3ccc4cccc5c4c3c2C1(C)C5(C)CC. The molecule has 2 heterocycles. The highest BCUT2D eigenvalue weighted by molar-refractivity contribution is 6.04. The lowest BCUT2D eigenvalue weighted by atomic mass is 9.49. The zero-order chi connectivity index (χ0) is 16.9. The molecule has 0 saturated heterocycles. The smallest absolute Gasteiger partial charge is 0.0572 e. The lowest BCUT2D eigenvalue weighted by Gasteiger charge is -2.55. The number of nitrogens with zero attached hydrogens (tertiary/aromatic N) is 1. The maximum absolute atomic E-state index is 7.13. The first kappa shape index (κ1) is 14.5. The van der Waals surface area contributed by atoms with Crippen LogP contribution in [0.15, 0.2) is 36.7 Å². The number of pyridine rings is 1. The van der Waals surface area contributed by atoms with Crippen LogP contribution in [0, 0.1) is 0 Å². The molecule has 2 N–H and O–H groups in total. The summed E-state index contributed by atoms with van der Waals surface area (Å²) in [5.74, 6) is 0. The molecule has 1 aromatic carbocycles. The molecule has 3 unspecified atom stereocenters. The van der Waals surface area contributed by atoms with E-state index in [1.807, 2.05) is 0 Å². The first-order chi connectivity index (χ1) is 11.4. The summed E-state index contributed by atoms with van der Waals surface area (Å²) in [5.41, 5.74) is 12.9. The number of aromatic nitrogens is 1. The van der Waals surface area contributed by atoms with Gasteiger partial charge in [-0.2, -0.15) is 0 Å². The largest absolute Gasteiger partial charge is 0.324 e. The van der Waals surface area contributed by atoms with Crippen LogP contribution in [0.2, 0.25) is 0 Å². The highest BCUT2D eigenvalue weighted by Gasteiger charge is 2.63. The Balaban J connectivity index is 2.09. The summed E-state index contributed by atoms with van der Waals surface area (Å²) < 4.78 is 2.35. The molecule has 0 amide bonds. The van der Waals surface area contributed by atoms with Crippen LogP contribution in [0.1, 0.15) is 57.2 Å². The van der Waals surface area contributed by atoms with Gasteiger partial charge in [0, 0.05) is 34.1 Å². The molecular weight excluding hydrogens is 292 g/mol. The number of rotatable bonds is 2. The molecular formula is C22H26N2. The Morgan fingerprint density at radius 1 is 1.12 bits per heavy atom. The monoisotopic (exact) mass is 318 g/mol. The summed E-state index contributed by atoms with van der Waals surface area (Å²) in [4.78, 5) is 0. The lowest BCUT2D eigenvalue weighted by molar-refractivity contribution is 0.135. The van der Waals surface area contributed by atoms with Gasteiger partial charge in [-0.15, -0.1) is 0 Å². The molecule has 0 bridgehead atoms. The Bertz CT molecular complexity index is 1010. The van der Waals surface area contributed by atoms with Crippen LogP contribution in [0.4, 0.5) is 0 Å². The van der Waals surface area contributed by atoms with Crippen molar-refractivity contribution >= 4 is 16.3 Å². The van der Waals surface area contributed by atoms with E-state index in [4.69, 9.17) is 5.73 Å². The van der Waals surface area contributed by atoms with Gasteiger partial charge in [0.25, 0.3) is 0 Å². The molecule has 0 spiro atoms. The quantitative estimate of drug-likeness (QED) is 0.729. The average molecular weight is 318 g/mol. The molecule has 2 aliphatic rings. The summed E-state index contributed by atoms with van der Waals surface area (Å²) in [7, 11) is 0. The van der Waals surface area contributed by atoms with E-state index < -0.39 is 0 Å². The average Bonchev–Trinajstić information content (AvgIpc) is 3.07. The van der Waals surface area contributed by atoms with Gasteiger partial charge in [0.05, 0.1) is 5.52 Å². The fourth-order valence-electron chi connectivity index (χ4n) is 6.12. The van der Waals surface area contributed by atoms with Crippen molar-refractivity contribution in [2.75, 3.05) is 0 Å². The third kappa shape index (κ3) is 1.22. The number of hydrogen-bond donors (Lipinski definition) is 1. The van der Waals surface area contributed by atoms with Gasteiger partial charge >= 0.3 is 0 Å². The maximum atomic E-state index is 7.13. The van der Waals surface area contributed by atoms with E-state index in [0.29, 0.717) is 0 Å². The molecule has 24 heavy (non-hydrogen) atoms. The van der Waals surface area contributed by atoms with E-state index in [0.717, 1.165) is 19.3 Å². The van der Waals surface area contributed by atoms with Crippen LogP contribution in [0.25, 0.3) is 16.3 Å². The molecule has 2 aromatic heterocycles. The zero-order valence-corrected chi connectivity index (χ0v) is 15.1. The number of hydrogen-bond acceptors (Lipinski definition) is 1. The predicted molar refractivity (Wildman–Crippen MR) is 101 cm³/mol.